The molecule has 0 aliphatic rings. The molecule has 0 amide bonds. The first-order valence-corrected chi connectivity index (χ1v) is 7.40. The number of hydrogen-bond acceptors (Lipinski definition) is 3. The predicted molar refractivity (Wildman–Crippen MR) is 76.1 cm³/mol. The van der Waals surface area contributed by atoms with Crippen molar-refractivity contribution < 1.29 is 0 Å². The Morgan fingerprint density at radius 1 is 1.22 bits per heavy atom. The first kappa shape index (κ1) is 13.4. The molecule has 0 bridgehead atoms. The Morgan fingerprint density at radius 3 is 2.67 bits per heavy atom. The zero-order chi connectivity index (χ0) is 13.0. The number of benzene rings is 1. The van der Waals surface area contributed by atoms with Crippen molar-refractivity contribution in [3.8, 4) is 0 Å². The van der Waals surface area contributed by atoms with Crippen LogP contribution in [0.5, 0.6) is 0 Å². The van der Waals surface area contributed by atoms with E-state index in [1.807, 2.05) is 24.3 Å². The summed E-state index contributed by atoms with van der Waals surface area (Å²) >= 11 is 7.82. The molecule has 96 valence electrons. The van der Waals surface area contributed by atoms with Gasteiger partial charge in [0, 0.05) is 23.7 Å². The van der Waals surface area contributed by atoms with Crippen LogP contribution in [-0.4, -0.2) is 14.8 Å². The molecule has 0 saturated carbocycles. The Balaban J connectivity index is 2.11. The summed E-state index contributed by atoms with van der Waals surface area (Å²) in [6, 6.07) is 7.91. The lowest BCUT2D eigenvalue weighted by Gasteiger charge is -2.06. The van der Waals surface area contributed by atoms with Gasteiger partial charge in [-0.05, 0) is 18.6 Å². The first-order chi connectivity index (χ1) is 8.76. The lowest BCUT2D eigenvalue weighted by atomic mass is 10.2. The van der Waals surface area contributed by atoms with Crippen LogP contribution >= 0.6 is 23.4 Å². The van der Waals surface area contributed by atoms with E-state index in [0.717, 1.165) is 40.3 Å². The number of rotatable bonds is 5. The van der Waals surface area contributed by atoms with Gasteiger partial charge in [-0.3, -0.25) is 0 Å². The molecule has 0 aliphatic heterocycles. The van der Waals surface area contributed by atoms with Gasteiger partial charge in [-0.2, -0.15) is 0 Å². The Morgan fingerprint density at radius 2 is 2.00 bits per heavy atom. The third-order valence-electron chi connectivity index (χ3n) is 2.74. The fraction of sp³-hybridized carbons (Fsp3) is 0.385. The first-order valence-electron chi connectivity index (χ1n) is 6.04. The Hall–Kier alpha value is -1.00. The summed E-state index contributed by atoms with van der Waals surface area (Å²) in [5.74, 6) is 1.86. The molecule has 2 rings (SSSR count). The maximum Gasteiger partial charge on any atom is 0.191 e. The number of thioether (sulfide) groups is 1. The van der Waals surface area contributed by atoms with E-state index in [9.17, 15) is 0 Å². The molecule has 2 aromatic rings. The second-order valence-electron chi connectivity index (χ2n) is 3.88. The molecule has 1 aromatic heterocycles. The summed E-state index contributed by atoms with van der Waals surface area (Å²) in [5.41, 5.74) is 1.13. The molecule has 0 N–H and O–H groups in total. The smallest absolute Gasteiger partial charge is 0.191 e. The van der Waals surface area contributed by atoms with Gasteiger partial charge in [0.15, 0.2) is 5.16 Å². The SMILES string of the molecule is CCc1nnc(SCc2ccccc2Cl)n1CC. The third kappa shape index (κ3) is 2.87. The van der Waals surface area contributed by atoms with Gasteiger partial charge in [-0.1, -0.05) is 48.5 Å². The second-order valence-corrected chi connectivity index (χ2v) is 5.23. The van der Waals surface area contributed by atoms with Crippen molar-refractivity contribution in [2.24, 2.45) is 0 Å². The molecule has 18 heavy (non-hydrogen) atoms. The van der Waals surface area contributed by atoms with Crippen molar-refractivity contribution in [2.75, 3.05) is 0 Å². The highest BCUT2D eigenvalue weighted by molar-refractivity contribution is 7.98. The molecular formula is C13H16ClN3S. The van der Waals surface area contributed by atoms with Gasteiger partial charge in [-0.15, -0.1) is 10.2 Å². The molecule has 0 aliphatic carbocycles. The summed E-state index contributed by atoms with van der Waals surface area (Å²) in [6.07, 6.45) is 0.910. The van der Waals surface area contributed by atoms with E-state index in [1.165, 1.54) is 0 Å². The van der Waals surface area contributed by atoms with Crippen molar-refractivity contribution in [1.82, 2.24) is 14.8 Å². The van der Waals surface area contributed by atoms with Gasteiger partial charge in [0.05, 0.1) is 0 Å². The normalized spacial score (nSPS) is 10.8. The van der Waals surface area contributed by atoms with Crippen molar-refractivity contribution in [3.05, 3.63) is 40.7 Å². The van der Waals surface area contributed by atoms with Crippen molar-refractivity contribution in [2.45, 2.75) is 37.7 Å². The Labute approximate surface area is 117 Å². The minimum Gasteiger partial charge on any atom is -0.306 e. The Bertz CT molecular complexity index is 525. The quantitative estimate of drug-likeness (QED) is 0.781. The zero-order valence-electron chi connectivity index (χ0n) is 10.6. The monoisotopic (exact) mass is 281 g/mol. The second kappa shape index (κ2) is 6.25. The van der Waals surface area contributed by atoms with Gasteiger partial charge in [0.2, 0.25) is 0 Å². The molecule has 3 nitrogen and oxygen atoms in total. The fourth-order valence-corrected chi connectivity index (χ4v) is 3.07. The van der Waals surface area contributed by atoms with E-state index in [1.54, 1.807) is 11.8 Å². The van der Waals surface area contributed by atoms with Crippen LogP contribution in [0.3, 0.4) is 0 Å². The van der Waals surface area contributed by atoms with E-state index in [-0.39, 0.29) is 0 Å². The van der Waals surface area contributed by atoms with Crippen molar-refractivity contribution >= 4 is 23.4 Å². The molecule has 5 heteroatoms. The molecule has 0 atom stereocenters. The number of hydrogen-bond donors (Lipinski definition) is 0. The lowest BCUT2D eigenvalue weighted by Crippen LogP contribution is -2.02. The average molecular weight is 282 g/mol. The van der Waals surface area contributed by atoms with Crippen LogP contribution in [0.25, 0.3) is 0 Å². The maximum absolute atomic E-state index is 6.14. The van der Waals surface area contributed by atoms with Crippen LogP contribution in [0.1, 0.15) is 25.2 Å². The molecular weight excluding hydrogens is 266 g/mol. The highest BCUT2D eigenvalue weighted by atomic mass is 35.5. The van der Waals surface area contributed by atoms with Gasteiger partial charge in [0.25, 0.3) is 0 Å². The summed E-state index contributed by atoms with van der Waals surface area (Å²) < 4.78 is 2.15. The van der Waals surface area contributed by atoms with Gasteiger partial charge < -0.3 is 4.57 Å². The number of aromatic nitrogens is 3. The van der Waals surface area contributed by atoms with Crippen LogP contribution in [-0.2, 0) is 18.7 Å². The number of aryl methyl sites for hydroxylation is 1. The van der Waals surface area contributed by atoms with Crippen molar-refractivity contribution in [1.29, 1.82) is 0 Å². The fourth-order valence-electron chi connectivity index (χ4n) is 1.76. The average Bonchev–Trinajstić information content (AvgIpc) is 2.79. The van der Waals surface area contributed by atoms with Gasteiger partial charge in [-0.25, -0.2) is 0 Å². The molecule has 0 radical (unpaired) electrons. The molecule has 1 aromatic carbocycles. The molecule has 0 unspecified atom stereocenters. The van der Waals surface area contributed by atoms with Crippen LogP contribution in [0, 0.1) is 0 Å². The topological polar surface area (TPSA) is 30.7 Å². The number of nitrogens with zero attached hydrogens (tertiary/aromatic N) is 3. The summed E-state index contributed by atoms with van der Waals surface area (Å²) in [7, 11) is 0. The van der Waals surface area contributed by atoms with Gasteiger partial charge in [0.1, 0.15) is 5.82 Å². The highest BCUT2D eigenvalue weighted by Gasteiger charge is 2.10. The molecule has 0 saturated heterocycles. The van der Waals surface area contributed by atoms with Crippen LogP contribution in [0.2, 0.25) is 5.02 Å². The largest absolute Gasteiger partial charge is 0.306 e. The summed E-state index contributed by atoms with van der Waals surface area (Å²) in [4.78, 5) is 0. The molecule has 0 spiro atoms. The van der Waals surface area contributed by atoms with E-state index in [2.05, 4.69) is 28.6 Å². The van der Waals surface area contributed by atoms with Crippen LogP contribution < -0.4 is 0 Å². The third-order valence-corrected chi connectivity index (χ3v) is 4.12. The van der Waals surface area contributed by atoms with Crippen LogP contribution in [0.15, 0.2) is 29.4 Å². The Kier molecular flexibility index (Phi) is 4.66. The van der Waals surface area contributed by atoms with E-state index < -0.39 is 0 Å². The van der Waals surface area contributed by atoms with E-state index in [4.69, 9.17) is 11.6 Å². The molecule has 0 fully saturated rings. The predicted octanol–water partition coefficient (Wildman–Crippen LogP) is 3.81. The maximum atomic E-state index is 6.14. The standard InChI is InChI=1S/C13H16ClN3S/c1-3-12-15-16-13(17(12)4-2)18-9-10-7-5-6-8-11(10)14/h5-8H,3-4,9H2,1-2H3. The summed E-state index contributed by atoms with van der Waals surface area (Å²) in [6.45, 7) is 5.11. The van der Waals surface area contributed by atoms with Crippen molar-refractivity contribution in [3.63, 3.8) is 0 Å². The highest BCUT2D eigenvalue weighted by Crippen LogP contribution is 2.25. The minimum atomic E-state index is 0.809. The lowest BCUT2D eigenvalue weighted by molar-refractivity contribution is 0.647. The van der Waals surface area contributed by atoms with Gasteiger partial charge >= 0.3 is 0 Å². The summed E-state index contributed by atoms with van der Waals surface area (Å²) in [5, 5.41) is 10.2. The van der Waals surface area contributed by atoms with Crippen LogP contribution in [0.4, 0.5) is 0 Å². The number of halogens is 1. The van der Waals surface area contributed by atoms with E-state index >= 15 is 0 Å². The zero-order valence-corrected chi connectivity index (χ0v) is 12.1. The minimum absolute atomic E-state index is 0.809. The molecule has 1 heterocycles. The van der Waals surface area contributed by atoms with E-state index in [0.29, 0.717) is 0 Å².